The number of nitrogens with one attached hydrogen (secondary N) is 1. The zero-order chi connectivity index (χ0) is 22.3. The standard InChI is InChI=1S/C25H28FN3O2S/c1-25(24(31)27-19-9-4-2-3-5-10-19)16-28-20-11-12-32-22(20)14-21(28)23(30)29(25)15-17-7-6-8-18(26)13-17/h6-8,11-14,19H,2-5,9-10,15-16H2,1H3,(H,27,31)/t25-/m1/s1. The molecule has 3 aromatic rings. The van der Waals surface area contributed by atoms with Gasteiger partial charge in [-0.15, -0.1) is 11.3 Å². The maximum Gasteiger partial charge on any atom is 0.271 e. The number of halogens is 1. The van der Waals surface area contributed by atoms with Gasteiger partial charge in [0.05, 0.1) is 16.8 Å². The predicted molar refractivity (Wildman–Crippen MR) is 124 cm³/mol. The van der Waals surface area contributed by atoms with Crippen molar-refractivity contribution in [1.82, 2.24) is 14.8 Å². The molecule has 1 aliphatic carbocycles. The first-order valence-corrected chi connectivity index (χ1v) is 12.3. The molecule has 1 N–H and O–H groups in total. The van der Waals surface area contributed by atoms with Gasteiger partial charge in [-0.05, 0) is 55.0 Å². The lowest BCUT2D eigenvalue weighted by molar-refractivity contribution is -0.134. The lowest BCUT2D eigenvalue weighted by Crippen LogP contribution is -2.64. The quantitative estimate of drug-likeness (QED) is 0.559. The molecule has 0 bridgehead atoms. The minimum atomic E-state index is -1.07. The molecule has 1 fully saturated rings. The maximum atomic E-state index is 13.9. The average Bonchev–Trinajstić information content (AvgIpc) is 3.26. The summed E-state index contributed by atoms with van der Waals surface area (Å²) in [6, 6.07) is 10.3. The van der Waals surface area contributed by atoms with Gasteiger partial charge in [0.25, 0.3) is 5.91 Å². The summed E-state index contributed by atoms with van der Waals surface area (Å²) in [4.78, 5) is 29.0. The summed E-state index contributed by atoms with van der Waals surface area (Å²) in [7, 11) is 0. The molecule has 0 spiro atoms. The molecule has 3 heterocycles. The van der Waals surface area contributed by atoms with Crippen molar-refractivity contribution in [3.63, 3.8) is 0 Å². The molecule has 1 saturated carbocycles. The van der Waals surface area contributed by atoms with E-state index >= 15 is 0 Å². The third-order valence-corrected chi connectivity index (χ3v) is 7.81. The van der Waals surface area contributed by atoms with Crippen LogP contribution in [0.5, 0.6) is 0 Å². The molecule has 0 radical (unpaired) electrons. The minimum Gasteiger partial charge on any atom is -0.351 e. The molecule has 0 unspecified atom stereocenters. The summed E-state index contributed by atoms with van der Waals surface area (Å²) in [5.41, 5.74) is 1.17. The van der Waals surface area contributed by atoms with E-state index in [1.807, 2.05) is 29.0 Å². The van der Waals surface area contributed by atoms with Crippen molar-refractivity contribution in [2.45, 2.75) is 70.1 Å². The molecule has 32 heavy (non-hydrogen) atoms. The highest BCUT2D eigenvalue weighted by atomic mass is 32.1. The van der Waals surface area contributed by atoms with Gasteiger partial charge in [-0.1, -0.05) is 37.8 Å². The number of amides is 2. The summed E-state index contributed by atoms with van der Waals surface area (Å²) in [5.74, 6) is -0.667. The molecule has 1 aliphatic heterocycles. The Morgan fingerprint density at radius 1 is 1.19 bits per heavy atom. The molecule has 1 aromatic carbocycles. The van der Waals surface area contributed by atoms with Crippen LogP contribution >= 0.6 is 11.3 Å². The number of aromatic nitrogens is 1. The van der Waals surface area contributed by atoms with Gasteiger partial charge in [0, 0.05) is 12.6 Å². The molecule has 7 heteroatoms. The van der Waals surface area contributed by atoms with Crippen molar-refractivity contribution in [2.75, 3.05) is 0 Å². The van der Waals surface area contributed by atoms with E-state index in [0.717, 1.165) is 35.9 Å². The van der Waals surface area contributed by atoms with Crippen molar-refractivity contribution < 1.29 is 14.0 Å². The maximum absolute atomic E-state index is 13.9. The number of hydrogen-bond acceptors (Lipinski definition) is 3. The Morgan fingerprint density at radius 3 is 2.72 bits per heavy atom. The molecule has 168 valence electrons. The fourth-order valence-corrected chi connectivity index (χ4v) is 5.93. The molecule has 1 atom stereocenters. The van der Waals surface area contributed by atoms with Crippen LogP contribution in [0, 0.1) is 5.82 Å². The molecule has 2 amide bonds. The van der Waals surface area contributed by atoms with Crippen LogP contribution in [0.3, 0.4) is 0 Å². The van der Waals surface area contributed by atoms with Crippen molar-refractivity contribution in [3.8, 4) is 0 Å². The third kappa shape index (κ3) is 3.72. The molecule has 5 nitrogen and oxygen atoms in total. The topological polar surface area (TPSA) is 54.3 Å². The fraction of sp³-hybridized carbons (Fsp3) is 0.440. The van der Waals surface area contributed by atoms with E-state index in [-0.39, 0.29) is 30.2 Å². The Kier molecular flexibility index (Phi) is 5.53. The monoisotopic (exact) mass is 453 g/mol. The van der Waals surface area contributed by atoms with Gasteiger partial charge < -0.3 is 14.8 Å². The second-order valence-corrected chi connectivity index (χ2v) is 10.2. The van der Waals surface area contributed by atoms with Crippen molar-refractivity contribution in [2.24, 2.45) is 0 Å². The lowest BCUT2D eigenvalue weighted by Gasteiger charge is -2.44. The van der Waals surface area contributed by atoms with Crippen LogP contribution < -0.4 is 5.32 Å². The number of nitrogens with zero attached hydrogens (tertiary/aromatic N) is 2. The molecule has 2 aliphatic rings. The number of rotatable bonds is 4. The van der Waals surface area contributed by atoms with Crippen LogP contribution in [-0.4, -0.2) is 32.9 Å². The Bertz CT molecular complexity index is 1160. The van der Waals surface area contributed by atoms with Crippen LogP contribution in [0.4, 0.5) is 4.39 Å². The first-order valence-electron chi connectivity index (χ1n) is 11.4. The van der Waals surface area contributed by atoms with E-state index in [1.165, 1.54) is 25.0 Å². The summed E-state index contributed by atoms with van der Waals surface area (Å²) in [5, 5.41) is 5.27. The SMILES string of the molecule is C[C@]1(C(=O)NC2CCCCCC2)Cn2c(cc3sccc32)C(=O)N1Cc1cccc(F)c1. The summed E-state index contributed by atoms with van der Waals surface area (Å²) < 4.78 is 16.9. The minimum absolute atomic E-state index is 0.128. The van der Waals surface area contributed by atoms with E-state index < -0.39 is 5.54 Å². The van der Waals surface area contributed by atoms with Gasteiger partial charge in [0.1, 0.15) is 17.1 Å². The van der Waals surface area contributed by atoms with Gasteiger partial charge in [-0.2, -0.15) is 0 Å². The number of hydrogen-bond donors (Lipinski definition) is 1. The van der Waals surface area contributed by atoms with Gasteiger partial charge in [-0.3, -0.25) is 9.59 Å². The number of benzene rings is 1. The number of carbonyl (C=O) groups is 2. The average molecular weight is 454 g/mol. The highest BCUT2D eigenvalue weighted by molar-refractivity contribution is 7.17. The van der Waals surface area contributed by atoms with Gasteiger partial charge >= 0.3 is 0 Å². The molecule has 2 aromatic heterocycles. The molecular weight excluding hydrogens is 425 g/mol. The van der Waals surface area contributed by atoms with Gasteiger partial charge in [0.2, 0.25) is 5.91 Å². The smallest absolute Gasteiger partial charge is 0.271 e. The van der Waals surface area contributed by atoms with E-state index in [0.29, 0.717) is 17.8 Å². The highest BCUT2D eigenvalue weighted by Crippen LogP contribution is 2.35. The number of thiophene rings is 1. The highest BCUT2D eigenvalue weighted by Gasteiger charge is 2.48. The summed E-state index contributed by atoms with van der Waals surface area (Å²) in [6.45, 7) is 2.41. The van der Waals surface area contributed by atoms with Crippen molar-refractivity contribution in [1.29, 1.82) is 0 Å². The van der Waals surface area contributed by atoms with E-state index in [9.17, 15) is 14.0 Å². The van der Waals surface area contributed by atoms with Crippen LogP contribution in [-0.2, 0) is 17.9 Å². The van der Waals surface area contributed by atoms with Crippen LogP contribution in [0.25, 0.3) is 10.2 Å². The predicted octanol–water partition coefficient (Wildman–Crippen LogP) is 5.10. The zero-order valence-corrected chi connectivity index (χ0v) is 19.1. The Morgan fingerprint density at radius 2 is 1.97 bits per heavy atom. The Hall–Kier alpha value is -2.67. The first-order chi connectivity index (χ1) is 15.5. The van der Waals surface area contributed by atoms with Crippen molar-refractivity contribution in [3.05, 3.63) is 58.9 Å². The van der Waals surface area contributed by atoms with E-state index in [1.54, 1.807) is 28.4 Å². The lowest BCUT2D eigenvalue weighted by atomic mass is 9.93. The molecule has 5 rings (SSSR count). The number of fused-ring (bicyclic) bond motifs is 3. The number of carbonyl (C=O) groups excluding carboxylic acids is 2. The van der Waals surface area contributed by atoms with E-state index in [4.69, 9.17) is 0 Å². The first kappa shape index (κ1) is 21.2. The summed E-state index contributed by atoms with van der Waals surface area (Å²) in [6.07, 6.45) is 6.59. The van der Waals surface area contributed by atoms with Crippen molar-refractivity contribution >= 4 is 33.4 Å². The molecule has 0 saturated heterocycles. The van der Waals surface area contributed by atoms with E-state index in [2.05, 4.69) is 5.32 Å². The Labute approximate surface area is 191 Å². The van der Waals surface area contributed by atoms with Crippen LogP contribution in [0.1, 0.15) is 61.5 Å². The fourth-order valence-electron chi connectivity index (χ4n) is 5.10. The second-order valence-electron chi connectivity index (χ2n) is 9.24. The summed E-state index contributed by atoms with van der Waals surface area (Å²) >= 11 is 1.59. The Balaban J connectivity index is 1.52. The van der Waals surface area contributed by atoms with Crippen LogP contribution in [0.2, 0.25) is 0 Å². The van der Waals surface area contributed by atoms with Gasteiger partial charge in [0.15, 0.2) is 0 Å². The van der Waals surface area contributed by atoms with Gasteiger partial charge in [-0.25, -0.2) is 4.39 Å². The molecular formula is C25H28FN3O2S. The normalized spacial score (nSPS) is 22.1. The second kappa shape index (κ2) is 8.35. The third-order valence-electron chi connectivity index (χ3n) is 6.96. The largest absolute Gasteiger partial charge is 0.351 e. The van der Waals surface area contributed by atoms with Crippen LogP contribution in [0.15, 0.2) is 41.8 Å². The zero-order valence-electron chi connectivity index (χ0n) is 18.3.